The highest BCUT2D eigenvalue weighted by atomic mass is 16.3. The zero-order valence-corrected chi connectivity index (χ0v) is 11.1. The second kappa shape index (κ2) is 5.06. The van der Waals surface area contributed by atoms with Crippen molar-refractivity contribution in [3.8, 4) is 5.75 Å². The lowest BCUT2D eigenvalue weighted by molar-refractivity contribution is 0.102. The zero-order chi connectivity index (χ0) is 14.0. The number of hydrogen-bond acceptors (Lipinski definition) is 4. The van der Waals surface area contributed by atoms with Gasteiger partial charge in [0.15, 0.2) is 11.6 Å². The molecule has 5 nitrogen and oxygen atoms in total. The highest BCUT2D eigenvalue weighted by molar-refractivity contribution is 6.05. The third kappa shape index (κ3) is 2.88. The van der Waals surface area contributed by atoms with Crippen LogP contribution in [0.15, 0.2) is 24.3 Å². The summed E-state index contributed by atoms with van der Waals surface area (Å²) >= 11 is 0. The molecule has 0 radical (unpaired) electrons. The quantitative estimate of drug-likeness (QED) is 0.866. The Bertz CT molecular complexity index is 639. The van der Waals surface area contributed by atoms with Crippen LogP contribution in [-0.4, -0.2) is 21.0 Å². The van der Waals surface area contributed by atoms with Gasteiger partial charge in [0, 0.05) is 11.4 Å². The van der Waals surface area contributed by atoms with Crippen molar-refractivity contribution in [3.05, 3.63) is 46.9 Å². The monoisotopic (exact) mass is 257 g/mol. The molecule has 1 amide bonds. The van der Waals surface area contributed by atoms with Gasteiger partial charge < -0.3 is 10.4 Å². The fraction of sp³-hybridized carbons (Fsp3) is 0.214. The Morgan fingerprint density at radius 2 is 1.68 bits per heavy atom. The lowest BCUT2D eigenvalue weighted by atomic mass is 10.1. The number of rotatable bonds is 2. The second-order valence-corrected chi connectivity index (χ2v) is 4.36. The van der Waals surface area contributed by atoms with E-state index in [1.807, 2.05) is 6.92 Å². The van der Waals surface area contributed by atoms with Gasteiger partial charge in [-0.3, -0.25) is 9.78 Å². The van der Waals surface area contributed by atoms with Crippen LogP contribution in [-0.2, 0) is 0 Å². The van der Waals surface area contributed by atoms with Crippen molar-refractivity contribution in [1.82, 2.24) is 9.97 Å². The summed E-state index contributed by atoms with van der Waals surface area (Å²) in [6.45, 7) is 5.42. The Balaban J connectivity index is 2.28. The van der Waals surface area contributed by atoms with E-state index >= 15 is 0 Å². The predicted octanol–water partition coefficient (Wildman–Crippen LogP) is 2.36. The van der Waals surface area contributed by atoms with Crippen molar-refractivity contribution >= 4 is 11.7 Å². The van der Waals surface area contributed by atoms with Gasteiger partial charge in [0.05, 0.1) is 11.3 Å². The second-order valence-electron chi connectivity index (χ2n) is 4.36. The van der Waals surface area contributed by atoms with Crippen molar-refractivity contribution in [2.45, 2.75) is 20.8 Å². The van der Waals surface area contributed by atoms with Gasteiger partial charge >= 0.3 is 0 Å². The summed E-state index contributed by atoms with van der Waals surface area (Å²) in [5, 5.41) is 12.2. The summed E-state index contributed by atoms with van der Waals surface area (Å²) in [5.41, 5.74) is 2.68. The number of anilines is 1. The van der Waals surface area contributed by atoms with Gasteiger partial charge in [0.2, 0.25) is 0 Å². The highest BCUT2D eigenvalue weighted by Crippen LogP contribution is 2.21. The lowest BCUT2D eigenvalue weighted by Gasteiger charge is -2.09. The third-order valence-electron chi connectivity index (χ3n) is 2.71. The van der Waals surface area contributed by atoms with Crippen molar-refractivity contribution in [2.24, 2.45) is 0 Å². The molecule has 2 aromatic rings. The van der Waals surface area contributed by atoms with E-state index in [4.69, 9.17) is 0 Å². The number of amides is 1. The lowest BCUT2D eigenvalue weighted by Crippen LogP contribution is -2.15. The summed E-state index contributed by atoms with van der Waals surface area (Å²) in [4.78, 5) is 20.4. The van der Waals surface area contributed by atoms with Crippen molar-refractivity contribution in [3.63, 3.8) is 0 Å². The van der Waals surface area contributed by atoms with Gasteiger partial charge in [0.1, 0.15) is 0 Å². The van der Waals surface area contributed by atoms with Crippen LogP contribution in [0.25, 0.3) is 0 Å². The fourth-order valence-electron chi connectivity index (χ4n) is 1.74. The maximum Gasteiger partial charge on any atom is 0.258 e. The fourth-order valence-corrected chi connectivity index (χ4v) is 1.74. The molecule has 0 aliphatic carbocycles. The molecule has 0 spiro atoms. The molecule has 0 atom stereocenters. The largest absolute Gasteiger partial charge is 0.504 e. The van der Waals surface area contributed by atoms with Gasteiger partial charge in [-0.2, -0.15) is 0 Å². The molecule has 0 aromatic carbocycles. The molecule has 2 rings (SSSR count). The van der Waals surface area contributed by atoms with E-state index in [-0.39, 0.29) is 17.5 Å². The standard InChI is InChI=1S/C14H15N3O2/c1-8-4-6-11(10(3)15-8)14(19)17-13-12(18)7-5-9(2)16-13/h4-7,18H,1-3H3,(H,16,17,19). The number of carbonyl (C=O) groups is 1. The maximum atomic E-state index is 12.1. The predicted molar refractivity (Wildman–Crippen MR) is 72.3 cm³/mol. The Hall–Kier alpha value is -2.43. The van der Waals surface area contributed by atoms with Crippen LogP contribution in [0.5, 0.6) is 5.75 Å². The first-order chi connectivity index (χ1) is 8.97. The van der Waals surface area contributed by atoms with E-state index in [1.165, 1.54) is 6.07 Å². The zero-order valence-electron chi connectivity index (χ0n) is 11.1. The average molecular weight is 257 g/mol. The van der Waals surface area contributed by atoms with Crippen LogP contribution in [0.2, 0.25) is 0 Å². The van der Waals surface area contributed by atoms with E-state index in [9.17, 15) is 9.90 Å². The van der Waals surface area contributed by atoms with Crippen molar-refractivity contribution in [2.75, 3.05) is 5.32 Å². The highest BCUT2D eigenvalue weighted by Gasteiger charge is 2.13. The first-order valence-electron chi connectivity index (χ1n) is 5.89. The maximum absolute atomic E-state index is 12.1. The minimum atomic E-state index is -0.335. The number of aromatic hydroxyl groups is 1. The Morgan fingerprint density at radius 3 is 2.37 bits per heavy atom. The van der Waals surface area contributed by atoms with Crippen LogP contribution in [0.1, 0.15) is 27.4 Å². The number of aromatic nitrogens is 2. The van der Waals surface area contributed by atoms with E-state index in [0.29, 0.717) is 17.0 Å². The molecule has 0 aliphatic rings. The first-order valence-corrected chi connectivity index (χ1v) is 5.89. The van der Waals surface area contributed by atoms with Gasteiger partial charge in [0.25, 0.3) is 5.91 Å². The molecule has 98 valence electrons. The molecule has 0 bridgehead atoms. The van der Waals surface area contributed by atoms with E-state index in [2.05, 4.69) is 15.3 Å². The summed E-state index contributed by atoms with van der Waals surface area (Å²) in [5.74, 6) is -0.236. The van der Waals surface area contributed by atoms with E-state index in [1.54, 1.807) is 32.0 Å². The number of hydrogen-bond donors (Lipinski definition) is 2. The molecule has 5 heteroatoms. The van der Waals surface area contributed by atoms with Crippen LogP contribution in [0.4, 0.5) is 5.82 Å². The minimum Gasteiger partial charge on any atom is -0.504 e. The summed E-state index contributed by atoms with van der Waals surface area (Å²) in [6, 6.07) is 6.65. The summed E-state index contributed by atoms with van der Waals surface area (Å²) < 4.78 is 0. The van der Waals surface area contributed by atoms with Gasteiger partial charge in [-0.1, -0.05) is 0 Å². The smallest absolute Gasteiger partial charge is 0.258 e. The van der Waals surface area contributed by atoms with E-state index < -0.39 is 0 Å². The Morgan fingerprint density at radius 1 is 1.05 bits per heavy atom. The van der Waals surface area contributed by atoms with Gasteiger partial charge in [-0.15, -0.1) is 0 Å². The molecule has 2 aromatic heterocycles. The average Bonchev–Trinajstić information content (AvgIpc) is 2.33. The number of pyridine rings is 2. The molecule has 0 saturated heterocycles. The minimum absolute atomic E-state index is 0.0586. The number of nitrogens with zero attached hydrogens (tertiary/aromatic N) is 2. The van der Waals surface area contributed by atoms with Gasteiger partial charge in [-0.25, -0.2) is 4.98 Å². The number of aryl methyl sites for hydroxylation is 3. The molecule has 0 aliphatic heterocycles. The normalized spacial score (nSPS) is 10.3. The summed E-state index contributed by atoms with van der Waals surface area (Å²) in [7, 11) is 0. The molecule has 19 heavy (non-hydrogen) atoms. The Labute approximate surface area is 111 Å². The summed E-state index contributed by atoms with van der Waals surface area (Å²) in [6.07, 6.45) is 0. The van der Waals surface area contributed by atoms with Crippen LogP contribution < -0.4 is 5.32 Å². The topological polar surface area (TPSA) is 75.1 Å². The number of nitrogens with one attached hydrogen (secondary N) is 1. The molecule has 2 heterocycles. The molecular weight excluding hydrogens is 242 g/mol. The van der Waals surface area contributed by atoms with Crippen molar-refractivity contribution < 1.29 is 9.90 Å². The molecular formula is C14H15N3O2. The first kappa shape index (κ1) is 13.0. The van der Waals surface area contributed by atoms with Crippen LogP contribution in [0.3, 0.4) is 0 Å². The van der Waals surface area contributed by atoms with Gasteiger partial charge in [-0.05, 0) is 45.0 Å². The molecule has 0 unspecified atom stereocenters. The molecule has 2 N–H and O–H groups in total. The van der Waals surface area contributed by atoms with Crippen molar-refractivity contribution in [1.29, 1.82) is 0 Å². The number of carbonyl (C=O) groups excluding carboxylic acids is 1. The van der Waals surface area contributed by atoms with E-state index in [0.717, 1.165) is 5.69 Å². The molecule has 0 fully saturated rings. The Kier molecular flexibility index (Phi) is 3.46. The third-order valence-corrected chi connectivity index (χ3v) is 2.71. The molecule has 0 saturated carbocycles. The SMILES string of the molecule is Cc1ccc(C(=O)Nc2nc(C)ccc2O)c(C)n1. The van der Waals surface area contributed by atoms with Crippen LogP contribution in [0, 0.1) is 20.8 Å². The van der Waals surface area contributed by atoms with Crippen LogP contribution >= 0.6 is 0 Å².